The summed E-state index contributed by atoms with van der Waals surface area (Å²) in [5, 5.41) is 0. The highest BCUT2D eigenvalue weighted by Crippen LogP contribution is 2.38. The molecule has 1 saturated carbocycles. The van der Waals surface area contributed by atoms with Crippen molar-refractivity contribution in [3.05, 3.63) is 29.3 Å². The zero-order chi connectivity index (χ0) is 17.1. The molecule has 2 nitrogen and oxygen atoms in total. The van der Waals surface area contributed by atoms with Crippen LogP contribution in [0.5, 0.6) is 5.75 Å². The predicted octanol–water partition coefficient (Wildman–Crippen LogP) is 5.27. The monoisotopic (exact) mass is 338 g/mol. The maximum atomic E-state index is 13.8. The van der Waals surface area contributed by atoms with E-state index in [4.69, 9.17) is 9.47 Å². The van der Waals surface area contributed by atoms with Crippen LogP contribution in [0.4, 0.5) is 8.78 Å². The third-order valence-corrected chi connectivity index (χ3v) is 5.81. The van der Waals surface area contributed by atoms with Gasteiger partial charge in [0.15, 0.2) is 11.6 Å². The van der Waals surface area contributed by atoms with Gasteiger partial charge in [-0.25, -0.2) is 4.39 Å². The minimum Gasteiger partial charge on any atom is -0.490 e. The Morgan fingerprint density at radius 1 is 1.00 bits per heavy atom. The molecular weight excluding hydrogens is 310 g/mol. The number of hydrogen-bond acceptors (Lipinski definition) is 2. The van der Waals surface area contributed by atoms with Crippen LogP contribution in [-0.4, -0.2) is 19.3 Å². The first-order chi connectivity index (χ1) is 11.5. The molecule has 134 valence electrons. The van der Waals surface area contributed by atoms with Gasteiger partial charge in [-0.15, -0.1) is 0 Å². The Bertz CT molecular complexity index is 545. The summed E-state index contributed by atoms with van der Waals surface area (Å²) in [6.45, 7) is 5.09. The average molecular weight is 338 g/mol. The van der Waals surface area contributed by atoms with E-state index in [0.29, 0.717) is 30.1 Å². The van der Waals surface area contributed by atoms with Crippen LogP contribution in [0.1, 0.15) is 51.0 Å². The van der Waals surface area contributed by atoms with Crippen molar-refractivity contribution in [3.8, 4) is 5.75 Å². The molecule has 2 aliphatic rings. The molecule has 2 atom stereocenters. The van der Waals surface area contributed by atoms with Gasteiger partial charge in [-0.2, -0.15) is 4.39 Å². The molecule has 3 rings (SSSR count). The number of aryl methyl sites for hydroxylation is 1. The Kier molecular flexibility index (Phi) is 5.75. The van der Waals surface area contributed by atoms with Crippen molar-refractivity contribution in [2.75, 3.05) is 13.2 Å². The number of halogens is 2. The summed E-state index contributed by atoms with van der Waals surface area (Å²) in [5.41, 5.74) is 0.310. The fourth-order valence-electron chi connectivity index (χ4n) is 4.05. The van der Waals surface area contributed by atoms with E-state index >= 15 is 0 Å². The van der Waals surface area contributed by atoms with E-state index in [1.807, 2.05) is 0 Å². The van der Waals surface area contributed by atoms with Crippen molar-refractivity contribution in [2.24, 2.45) is 17.8 Å². The molecule has 0 aromatic heterocycles. The summed E-state index contributed by atoms with van der Waals surface area (Å²) in [7, 11) is 0. The van der Waals surface area contributed by atoms with Crippen LogP contribution in [0.25, 0.3) is 0 Å². The highest BCUT2D eigenvalue weighted by Gasteiger charge is 2.30. The summed E-state index contributed by atoms with van der Waals surface area (Å²) >= 11 is 0. The summed E-state index contributed by atoms with van der Waals surface area (Å²) in [4.78, 5) is 0. The van der Waals surface area contributed by atoms with Gasteiger partial charge in [-0.3, -0.25) is 0 Å². The zero-order valence-corrected chi connectivity index (χ0v) is 14.7. The minimum absolute atomic E-state index is 0.0369. The number of ether oxygens (including phenoxy) is 2. The van der Waals surface area contributed by atoms with Gasteiger partial charge < -0.3 is 9.47 Å². The lowest BCUT2D eigenvalue weighted by atomic mass is 9.74. The average Bonchev–Trinajstić information content (AvgIpc) is 2.60. The van der Waals surface area contributed by atoms with Crippen molar-refractivity contribution in [1.82, 2.24) is 0 Å². The largest absolute Gasteiger partial charge is 0.490 e. The molecule has 0 spiro atoms. The van der Waals surface area contributed by atoms with Gasteiger partial charge in [0.2, 0.25) is 5.82 Å². The molecule has 0 bridgehead atoms. The van der Waals surface area contributed by atoms with Gasteiger partial charge in [-0.1, -0.05) is 6.07 Å². The third-order valence-electron chi connectivity index (χ3n) is 5.81. The second kappa shape index (κ2) is 7.81. The molecule has 1 aromatic carbocycles. The van der Waals surface area contributed by atoms with Gasteiger partial charge in [-0.05, 0) is 81.8 Å². The van der Waals surface area contributed by atoms with Crippen molar-refractivity contribution < 1.29 is 18.3 Å². The van der Waals surface area contributed by atoms with Crippen LogP contribution in [0.2, 0.25) is 0 Å². The Hall–Kier alpha value is -1.16. The van der Waals surface area contributed by atoms with E-state index in [1.165, 1.54) is 31.7 Å². The molecule has 1 saturated heterocycles. The zero-order valence-electron chi connectivity index (χ0n) is 14.7. The number of hydrogen-bond donors (Lipinski definition) is 0. The standard InChI is InChI=1S/C20H28F2O2/c1-13-3-10-18(20(22)19(13)21)24-11-15-5-8-16(9-6-15)17-7-4-14(2)23-12-17/h3,10,14-17H,4-9,11-12H2,1-2H3/t14?,15?,16?,17-/m1/s1. The maximum absolute atomic E-state index is 13.8. The smallest absolute Gasteiger partial charge is 0.200 e. The molecule has 0 N–H and O–H groups in total. The van der Waals surface area contributed by atoms with Crippen molar-refractivity contribution in [2.45, 2.75) is 58.5 Å². The van der Waals surface area contributed by atoms with Crippen LogP contribution < -0.4 is 4.74 Å². The molecular formula is C20H28F2O2. The number of benzene rings is 1. The van der Waals surface area contributed by atoms with Gasteiger partial charge >= 0.3 is 0 Å². The third kappa shape index (κ3) is 4.08. The molecule has 4 heteroatoms. The SMILES string of the molecule is Cc1ccc(OCC2CCC([C@@H]3CCC(C)OC3)CC2)c(F)c1F. The lowest BCUT2D eigenvalue weighted by Crippen LogP contribution is -2.32. The molecule has 0 amide bonds. The molecule has 0 radical (unpaired) electrons. The minimum atomic E-state index is -0.864. The highest BCUT2D eigenvalue weighted by atomic mass is 19.2. The highest BCUT2D eigenvalue weighted by molar-refractivity contribution is 5.30. The van der Waals surface area contributed by atoms with Crippen molar-refractivity contribution in [3.63, 3.8) is 0 Å². The first kappa shape index (κ1) is 17.7. The molecule has 1 aliphatic carbocycles. The Morgan fingerprint density at radius 3 is 2.38 bits per heavy atom. The summed E-state index contributed by atoms with van der Waals surface area (Å²) in [6.07, 6.45) is 7.46. The Labute approximate surface area is 143 Å². The second-order valence-corrected chi connectivity index (χ2v) is 7.58. The van der Waals surface area contributed by atoms with E-state index < -0.39 is 11.6 Å². The quantitative estimate of drug-likeness (QED) is 0.744. The van der Waals surface area contributed by atoms with E-state index in [0.717, 1.165) is 25.4 Å². The van der Waals surface area contributed by atoms with Crippen molar-refractivity contribution >= 4 is 0 Å². The Balaban J connectivity index is 1.45. The molecule has 1 aromatic rings. The van der Waals surface area contributed by atoms with Crippen LogP contribution in [0.3, 0.4) is 0 Å². The lowest BCUT2D eigenvalue weighted by Gasteiger charge is -2.37. The maximum Gasteiger partial charge on any atom is 0.200 e. The number of rotatable bonds is 4. The van der Waals surface area contributed by atoms with E-state index in [9.17, 15) is 8.78 Å². The first-order valence-corrected chi connectivity index (χ1v) is 9.23. The fraction of sp³-hybridized carbons (Fsp3) is 0.700. The second-order valence-electron chi connectivity index (χ2n) is 7.58. The normalized spacial score (nSPS) is 31.0. The Morgan fingerprint density at radius 2 is 1.71 bits per heavy atom. The van der Waals surface area contributed by atoms with Crippen molar-refractivity contribution in [1.29, 1.82) is 0 Å². The van der Waals surface area contributed by atoms with E-state index in [-0.39, 0.29) is 5.75 Å². The molecule has 1 aliphatic heterocycles. The van der Waals surface area contributed by atoms with Crippen LogP contribution in [-0.2, 0) is 4.74 Å². The molecule has 1 heterocycles. The van der Waals surface area contributed by atoms with Crippen LogP contribution >= 0.6 is 0 Å². The molecule has 2 fully saturated rings. The molecule has 1 unspecified atom stereocenters. The first-order valence-electron chi connectivity index (χ1n) is 9.23. The lowest BCUT2D eigenvalue weighted by molar-refractivity contribution is -0.0306. The fourth-order valence-corrected chi connectivity index (χ4v) is 4.05. The van der Waals surface area contributed by atoms with Gasteiger partial charge in [0.1, 0.15) is 0 Å². The van der Waals surface area contributed by atoms with Gasteiger partial charge in [0.05, 0.1) is 19.3 Å². The summed E-state index contributed by atoms with van der Waals surface area (Å²) < 4.78 is 38.8. The topological polar surface area (TPSA) is 18.5 Å². The van der Waals surface area contributed by atoms with E-state index in [2.05, 4.69) is 6.92 Å². The summed E-state index contributed by atoms with van der Waals surface area (Å²) in [5.74, 6) is 0.261. The summed E-state index contributed by atoms with van der Waals surface area (Å²) in [6, 6.07) is 3.09. The molecule has 24 heavy (non-hydrogen) atoms. The van der Waals surface area contributed by atoms with E-state index in [1.54, 1.807) is 13.0 Å². The van der Waals surface area contributed by atoms with Crippen LogP contribution in [0, 0.1) is 36.3 Å². The van der Waals surface area contributed by atoms with Gasteiger partial charge in [0.25, 0.3) is 0 Å². The van der Waals surface area contributed by atoms with Gasteiger partial charge in [0, 0.05) is 0 Å². The van der Waals surface area contributed by atoms with Crippen LogP contribution in [0.15, 0.2) is 12.1 Å². The predicted molar refractivity (Wildman–Crippen MR) is 90.2 cm³/mol.